The van der Waals surface area contributed by atoms with Gasteiger partial charge in [-0.25, -0.2) is 0 Å². The third-order valence-electron chi connectivity index (χ3n) is 3.21. The number of methoxy groups -OCH3 is 1. The summed E-state index contributed by atoms with van der Waals surface area (Å²) in [5.41, 5.74) is -0.803. The van der Waals surface area contributed by atoms with Crippen LogP contribution in [0.4, 0.5) is 0 Å². The lowest BCUT2D eigenvalue weighted by Crippen LogP contribution is -2.36. The molecule has 0 bridgehead atoms. The van der Waals surface area contributed by atoms with Crippen LogP contribution in [-0.4, -0.2) is 30.4 Å². The molecule has 0 N–H and O–H groups in total. The van der Waals surface area contributed by atoms with Crippen molar-refractivity contribution >= 4 is 23.5 Å². The molecule has 3 nitrogen and oxygen atoms in total. The number of thioether (sulfide) groups is 1. The van der Waals surface area contributed by atoms with Gasteiger partial charge >= 0.3 is 5.97 Å². The molecule has 0 heterocycles. The Hall–Kier alpha value is -0.510. The van der Waals surface area contributed by atoms with Crippen LogP contribution >= 0.6 is 11.8 Å². The molecule has 1 saturated carbocycles. The maximum absolute atomic E-state index is 11.9. The van der Waals surface area contributed by atoms with Gasteiger partial charge in [-0.1, -0.05) is 6.92 Å². The summed E-state index contributed by atoms with van der Waals surface area (Å²) in [7, 11) is 1.37. The third-order valence-corrected chi connectivity index (χ3v) is 4.20. The van der Waals surface area contributed by atoms with E-state index in [4.69, 9.17) is 4.74 Å². The van der Waals surface area contributed by atoms with E-state index in [2.05, 4.69) is 6.92 Å². The summed E-state index contributed by atoms with van der Waals surface area (Å²) < 4.78 is 4.80. The fraction of sp³-hybridized carbons (Fsp3) is 0.833. The normalized spacial score (nSPS) is 24.8. The molecule has 0 aromatic carbocycles. The molecule has 0 amide bonds. The molecule has 0 aromatic heterocycles. The van der Waals surface area contributed by atoms with Crippen molar-refractivity contribution in [3.8, 4) is 0 Å². The highest BCUT2D eigenvalue weighted by molar-refractivity contribution is 7.99. The minimum Gasteiger partial charge on any atom is -0.468 e. The first-order valence-electron chi connectivity index (χ1n) is 5.87. The van der Waals surface area contributed by atoms with Gasteiger partial charge in [0.25, 0.3) is 0 Å². The molecular weight excluding hydrogens is 224 g/mol. The molecule has 0 radical (unpaired) electrons. The van der Waals surface area contributed by atoms with Crippen LogP contribution < -0.4 is 0 Å². The first-order valence-corrected chi connectivity index (χ1v) is 7.02. The van der Waals surface area contributed by atoms with Crippen LogP contribution in [0, 0.1) is 5.41 Å². The maximum atomic E-state index is 11.9. The molecule has 1 rings (SSSR count). The molecule has 0 aliphatic heterocycles. The van der Waals surface area contributed by atoms with Gasteiger partial charge in [-0.3, -0.25) is 9.59 Å². The molecule has 16 heavy (non-hydrogen) atoms. The molecule has 1 atom stereocenters. The Morgan fingerprint density at radius 1 is 1.56 bits per heavy atom. The van der Waals surface area contributed by atoms with Crippen LogP contribution in [-0.2, 0) is 14.3 Å². The van der Waals surface area contributed by atoms with Gasteiger partial charge < -0.3 is 4.74 Å². The molecule has 1 aliphatic carbocycles. The molecular formula is C12H20O3S. The summed E-state index contributed by atoms with van der Waals surface area (Å²) in [6.07, 6.45) is 3.62. The number of carbonyl (C=O) groups is 2. The Kier molecular flexibility index (Phi) is 5.32. The largest absolute Gasteiger partial charge is 0.468 e. The highest BCUT2D eigenvalue weighted by Crippen LogP contribution is 2.40. The number of hydrogen-bond donors (Lipinski definition) is 0. The lowest BCUT2D eigenvalue weighted by Gasteiger charge is -2.23. The van der Waals surface area contributed by atoms with Gasteiger partial charge in [0, 0.05) is 6.42 Å². The third kappa shape index (κ3) is 2.78. The van der Waals surface area contributed by atoms with E-state index in [1.54, 1.807) is 0 Å². The molecule has 0 spiro atoms. The average Bonchev–Trinajstić information content (AvgIpc) is 2.66. The first kappa shape index (κ1) is 13.6. The predicted octanol–water partition coefficient (Wildman–Crippen LogP) is 2.43. The van der Waals surface area contributed by atoms with Gasteiger partial charge in [0.15, 0.2) is 0 Å². The number of hydrogen-bond acceptors (Lipinski definition) is 4. The van der Waals surface area contributed by atoms with E-state index in [0.29, 0.717) is 19.3 Å². The van der Waals surface area contributed by atoms with Crippen LogP contribution in [0.25, 0.3) is 0 Å². The van der Waals surface area contributed by atoms with Gasteiger partial charge in [0.05, 0.1) is 7.11 Å². The molecule has 4 heteroatoms. The zero-order valence-electron chi connectivity index (χ0n) is 10.1. The first-order chi connectivity index (χ1) is 7.67. The van der Waals surface area contributed by atoms with Gasteiger partial charge in [-0.2, -0.15) is 11.8 Å². The summed E-state index contributed by atoms with van der Waals surface area (Å²) in [6, 6.07) is 0. The molecule has 0 saturated heterocycles. The minimum absolute atomic E-state index is 0.0841. The highest BCUT2D eigenvalue weighted by atomic mass is 32.2. The molecule has 1 unspecified atom stereocenters. The van der Waals surface area contributed by atoms with Gasteiger partial charge in [-0.15, -0.1) is 0 Å². The number of rotatable bonds is 6. The van der Waals surface area contributed by atoms with Crippen molar-refractivity contribution in [2.45, 2.75) is 39.0 Å². The number of esters is 1. The predicted molar refractivity (Wildman–Crippen MR) is 65.5 cm³/mol. The fourth-order valence-corrected chi connectivity index (χ4v) is 2.96. The zero-order chi connectivity index (χ0) is 12.0. The van der Waals surface area contributed by atoms with Gasteiger partial charge in [0.1, 0.15) is 11.2 Å². The smallest absolute Gasteiger partial charge is 0.319 e. The van der Waals surface area contributed by atoms with E-state index in [9.17, 15) is 9.59 Å². The Morgan fingerprint density at radius 3 is 2.81 bits per heavy atom. The number of carbonyl (C=O) groups excluding carboxylic acids is 2. The van der Waals surface area contributed by atoms with Crippen molar-refractivity contribution in [2.75, 3.05) is 18.6 Å². The molecule has 92 valence electrons. The fourth-order valence-electron chi connectivity index (χ4n) is 2.33. The van der Waals surface area contributed by atoms with Crippen molar-refractivity contribution in [3.63, 3.8) is 0 Å². The molecule has 1 fully saturated rings. The van der Waals surface area contributed by atoms with Crippen LogP contribution in [0.2, 0.25) is 0 Å². The number of ketones is 1. The standard InChI is InChI=1S/C12H20O3S/c1-3-16-9-5-8-12(11(14)15-2)7-4-6-10(12)13/h3-9H2,1-2H3. The van der Waals surface area contributed by atoms with Gasteiger partial charge in [-0.05, 0) is 37.2 Å². The van der Waals surface area contributed by atoms with E-state index < -0.39 is 5.41 Å². The Morgan fingerprint density at radius 2 is 2.31 bits per heavy atom. The monoisotopic (exact) mass is 244 g/mol. The maximum Gasteiger partial charge on any atom is 0.319 e. The van der Waals surface area contributed by atoms with Crippen LogP contribution in [0.3, 0.4) is 0 Å². The van der Waals surface area contributed by atoms with E-state index in [-0.39, 0.29) is 11.8 Å². The average molecular weight is 244 g/mol. The van der Waals surface area contributed by atoms with Crippen molar-refractivity contribution in [3.05, 3.63) is 0 Å². The topological polar surface area (TPSA) is 43.4 Å². The quantitative estimate of drug-likeness (QED) is 0.409. The summed E-state index contributed by atoms with van der Waals surface area (Å²) in [6.45, 7) is 2.11. The van der Waals surface area contributed by atoms with Gasteiger partial charge in [0.2, 0.25) is 0 Å². The summed E-state index contributed by atoms with van der Waals surface area (Å²) in [5.74, 6) is 1.86. The minimum atomic E-state index is -0.803. The van der Waals surface area contributed by atoms with Crippen molar-refractivity contribution in [2.24, 2.45) is 5.41 Å². The van der Waals surface area contributed by atoms with Crippen molar-refractivity contribution in [1.82, 2.24) is 0 Å². The Balaban J connectivity index is 2.58. The second-order valence-electron chi connectivity index (χ2n) is 4.15. The van der Waals surface area contributed by atoms with Crippen molar-refractivity contribution in [1.29, 1.82) is 0 Å². The number of Topliss-reactive ketones (excluding diaryl/α,β-unsaturated/α-hetero) is 1. The lowest BCUT2D eigenvalue weighted by molar-refractivity contribution is -0.157. The Labute approximate surface area is 101 Å². The van der Waals surface area contributed by atoms with E-state index in [1.807, 2.05) is 11.8 Å². The highest BCUT2D eigenvalue weighted by Gasteiger charge is 2.48. The lowest BCUT2D eigenvalue weighted by atomic mass is 9.81. The summed E-state index contributed by atoms with van der Waals surface area (Å²) in [4.78, 5) is 23.6. The second kappa shape index (κ2) is 6.28. The zero-order valence-corrected chi connectivity index (χ0v) is 10.9. The molecule has 1 aliphatic rings. The second-order valence-corrected chi connectivity index (χ2v) is 5.54. The number of ether oxygens (including phenoxy) is 1. The van der Waals surface area contributed by atoms with Crippen LogP contribution in [0.1, 0.15) is 39.0 Å². The Bertz CT molecular complexity index is 265. The van der Waals surface area contributed by atoms with Crippen LogP contribution in [0.5, 0.6) is 0 Å². The SMILES string of the molecule is CCSCCCC1(C(=O)OC)CCCC1=O. The summed E-state index contributed by atoms with van der Waals surface area (Å²) in [5, 5.41) is 0. The molecule has 0 aromatic rings. The van der Waals surface area contributed by atoms with E-state index in [0.717, 1.165) is 24.3 Å². The van der Waals surface area contributed by atoms with Crippen LogP contribution in [0.15, 0.2) is 0 Å². The van der Waals surface area contributed by atoms with Crippen molar-refractivity contribution < 1.29 is 14.3 Å². The van der Waals surface area contributed by atoms with E-state index >= 15 is 0 Å². The summed E-state index contributed by atoms with van der Waals surface area (Å²) >= 11 is 1.85. The van der Waals surface area contributed by atoms with E-state index in [1.165, 1.54) is 7.11 Å².